The molecular formula is C18H22F3N5O3S2. The minimum Gasteiger partial charge on any atom is -0.383 e. The Bertz CT molecular complexity index is 1160. The molecule has 1 aliphatic rings. The summed E-state index contributed by atoms with van der Waals surface area (Å²) in [4.78, 5) is 20.2. The first kappa shape index (κ1) is 23.6. The molecular weight excluding hydrogens is 455 g/mol. The predicted octanol–water partition coefficient (Wildman–Crippen LogP) is 4.08. The number of carbonyl (C=O) groups is 1. The van der Waals surface area contributed by atoms with E-state index in [9.17, 15) is 27.3 Å². The molecule has 0 saturated carbocycles. The maximum atomic E-state index is 13.5. The number of hydrogen-bond acceptors (Lipinski definition) is 6. The van der Waals surface area contributed by atoms with Gasteiger partial charge in [0.2, 0.25) is 0 Å². The first-order valence-corrected chi connectivity index (χ1v) is 11.7. The number of nitrogens with zero attached hydrogens (tertiary/aromatic N) is 3. The third-order valence-electron chi connectivity index (χ3n) is 4.88. The number of alkyl halides is 3. The molecule has 0 aliphatic heterocycles. The van der Waals surface area contributed by atoms with Crippen LogP contribution < -0.4 is 10.5 Å². The molecule has 0 radical (unpaired) electrons. The van der Waals surface area contributed by atoms with E-state index in [0.29, 0.717) is 18.4 Å². The summed E-state index contributed by atoms with van der Waals surface area (Å²) >= 11 is 0.830. The molecule has 13 heteroatoms. The third kappa shape index (κ3) is 4.73. The van der Waals surface area contributed by atoms with Gasteiger partial charge in [-0.05, 0) is 45.1 Å². The van der Waals surface area contributed by atoms with Crippen LogP contribution in [0.25, 0.3) is 0 Å². The summed E-state index contributed by atoms with van der Waals surface area (Å²) in [7, 11) is -3.73. The van der Waals surface area contributed by atoms with Gasteiger partial charge in [-0.3, -0.25) is 0 Å². The number of urea groups is 1. The molecule has 0 unspecified atom stereocenters. The van der Waals surface area contributed by atoms with Gasteiger partial charge in [0.15, 0.2) is 9.92 Å². The number of anilines is 1. The number of aliphatic hydroxyl groups is 1. The third-order valence-corrected chi connectivity index (χ3v) is 8.07. The van der Waals surface area contributed by atoms with Crippen molar-refractivity contribution >= 4 is 33.0 Å². The number of fused-ring (bicyclic) bond motifs is 1. The summed E-state index contributed by atoms with van der Waals surface area (Å²) in [5.74, 6) is -0.194. The van der Waals surface area contributed by atoms with Crippen molar-refractivity contribution < 1.29 is 27.3 Å². The Balaban J connectivity index is 2.00. The van der Waals surface area contributed by atoms with Gasteiger partial charge in [0.05, 0.1) is 11.9 Å². The summed E-state index contributed by atoms with van der Waals surface area (Å²) in [6.07, 6.45) is -2.51. The Hall–Kier alpha value is -2.09. The van der Waals surface area contributed by atoms with E-state index in [2.05, 4.69) is 19.6 Å². The lowest BCUT2D eigenvalue weighted by Crippen LogP contribution is -2.20. The molecule has 0 saturated heterocycles. The zero-order chi connectivity index (χ0) is 23.4. The molecule has 31 heavy (non-hydrogen) atoms. The smallest absolute Gasteiger partial charge is 0.383 e. The van der Waals surface area contributed by atoms with Crippen LogP contribution in [-0.2, 0) is 28.1 Å². The van der Waals surface area contributed by atoms with Gasteiger partial charge in [-0.15, -0.1) is 15.7 Å². The van der Waals surface area contributed by atoms with Crippen LogP contribution in [0.1, 0.15) is 60.6 Å². The van der Waals surface area contributed by atoms with E-state index in [-0.39, 0.29) is 32.1 Å². The van der Waals surface area contributed by atoms with Gasteiger partial charge >= 0.3 is 12.2 Å². The number of pyridine rings is 1. The summed E-state index contributed by atoms with van der Waals surface area (Å²) in [5.41, 5.74) is -1.88. The highest BCUT2D eigenvalue weighted by molar-refractivity contribution is 7.93. The maximum Gasteiger partial charge on any atom is 0.433 e. The van der Waals surface area contributed by atoms with Crippen LogP contribution in [0.15, 0.2) is 14.8 Å². The molecule has 2 amide bonds. The van der Waals surface area contributed by atoms with Crippen molar-refractivity contribution in [2.45, 2.75) is 62.4 Å². The van der Waals surface area contributed by atoms with Gasteiger partial charge in [0.1, 0.15) is 20.5 Å². The lowest BCUT2D eigenvalue weighted by Gasteiger charge is -2.18. The highest BCUT2D eigenvalue weighted by Gasteiger charge is 2.39. The molecule has 0 bridgehead atoms. The van der Waals surface area contributed by atoms with Gasteiger partial charge in [0.25, 0.3) is 0 Å². The Morgan fingerprint density at radius 3 is 2.61 bits per heavy atom. The van der Waals surface area contributed by atoms with E-state index in [1.807, 2.05) is 0 Å². The van der Waals surface area contributed by atoms with E-state index in [0.717, 1.165) is 17.5 Å². The maximum absolute atomic E-state index is 13.5. The lowest BCUT2D eigenvalue weighted by atomic mass is 10.0. The summed E-state index contributed by atoms with van der Waals surface area (Å²) in [5, 5.41) is 18.3. The zero-order valence-electron chi connectivity index (χ0n) is 17.2. The number of carbonyl (C=O) groups excluding carboxylic acids is 1. The van der Waals surface area contributed by atoms with Gasteiger partial charge in [-0.1, -0.05) is 6.92 Å². The van der Waals surface area contributed by atoms with Crippen molar-refractivity contribution in [3.63, 3.8) is 0 Å². The van der Waals surface area contributed by atoms with Crippen molar-refractivity contribution in [2.24, 2.45) is 9.50 Å². The van der Waals surface area contributed by atoms with E-state index < -0.39 is 33.4 Å². The second kappa shape index (κ2) is 7.80. The molecule has 2 aromatic rings. The van der Waals surface area contributed by atoms with E-state index in [1.54, 1.807) is 6.92 Å². The lowest BCUT2D eigenvalue weighted by molar-refractivity contribution is -0.141. The van der Waals surface area contributed by atoms with Crippen molar-refractivity contribution in [1.29, 1.82) is 0 Å². The largest absolute Gasteiger partial charge is 0.433 e. The number of thiazole rings is 1. The van der Waals surface area contributed by atoms with Crippen LogP contribution >= 0.6 is 11.3 Å². The minimum atomic E-state index is -4.70. The van der Waals surface area contributed by atoms with Gasteiger partial charge in [0, 0.05) is 11.3 Å². The number of rotatable bonds is 3. The van der Waals surface area contributed by atoms with Gasteiger partial charge in [-0.2, -0.15) is 13.2 Å². The van der Waals surface area contributed by atoms with Crippen LogP contribution in [-0.4, -0.2) is 25.3 Å². The van der Waals surface area contributed by atoms with E-state index in [4.69, 9.17) is 5.14 Å². The molecule has 1 aliphatic carbocycles. The first-order valence-electron chi connectivity index (χ1n) is 9.26. The second-order valence-corrected chi connectivity index (χ2v) is 10.9. The van der Waals surface area contributed by atoms with Crippen molar-refractivity contribution in [1.82, 2.24) is 9.97 Å². The van der Waals surface area contributed by atoms with E-state index in [1.165, 1.54) is 20.8 Å². The van der Waals surface area contributed by atoms with Crippen LogP contribution in [0, 0.1) is 6.92 Å². The first-order chi connectivity index (χ1) is 14.1. The van der Waals surface area contributed by atoms with Crippen LogP contribution in [0.4, 0.5) is 23.7 Å². The molecule has 3 rings (SSSR count). The van der Waals surface area contributed by atoms with Crippen molar-refractivity contribution in [2.75, 3.05) is 5.32 Å². The number of hydrogen-bond donors (Lipinski definition) is 3. The fraction of sp³-hybridized carbons (Fsp3) is 0.500. The predicted molar refractivity (Wildman–Crippen MR) is 110 cm³/mol. The standard InChI is InChI=1S/C18H22F3N5O3S2/c1-8-5-6-10-12(8)24-14(18(19,20)21)9(2)13(10)25-16(27)26-31(22,29)11-7-23-15(30-11)17(3,4)28/h7-8,28H,5-6H2,1-4H3,(H3,22,24,25,26,27,29)/t8-,31-/m0/s1. The number of aromatic nitrogens is 2. The second-order valence-electron chi connectivity index (χ2n) is 7.90. The molecule has 170 valence electrons. The highest BCUT2D eigenvalue weighted by atomic mass is 32.2. The SMILES string of the molecule is Cc1c(C(F)(F)F)nc2c(c1NC(=O)N=[S@](N)(=O)c1cnc(C(C)(C)O)s1)CC[C@@H]2C. The Morgan fingerprint density at radius 2 is 2.06 bits per heavy atom. The fourth-order valence-corrected chi connectivity index (χ4v) is 5.39. The molecule has 0 fully saturated rings. The Labute approximate surface area is 181 Å². The topological polar surface area (TPSA) is 131 Å². The zero-order valence-corrected chi connectivity index (χ0v) is 18.8. The highest BCUT2D eigenvalue weighted by Crippen LogP contribution is 2.42. The van der Waals surface area contributed by atoms with Gasteiger partial charge in [-0.25, -0.2) is 24.1 Å². The molecule has 2 atom stereocenters. The minimum absolute atomic E-state index is 0.0351. The van der Waals surface area contributed by atoms with E-state index >= 15 is 0 Å². The molecule has 2 aromatic heterocycles. The Kier molecular flexibility index (Phi) is 5.93. The fourth-order valence-electron chi connectivity index (χ4n) is 3.32. The number of nitrogens with two attached hydrogens (primary N) is 1. The normalized spacial score (nSPS) is 18.4. The van der Waals surface area contributed by atoms with Crippen LogP contribution in [0.3, 0.4) is 0 Å². The molecule has 0 spiro atoms. The Morgan fingerprint density at radius 1 is 1.42 bits per heavy atom. The van der Waals surface area contributed by atoms with Crippen LogP contribution in [0.2, 0.25) is 0 Å². The average molecular weight is 478 g/mol. The van der Waals surface area contributed by atoms with Crippen molar-refractivity contribution in [3.05, 3.63) is 33.7 Å². The molecule has 0 aromatic carbocycles. The average Bonchev–Trinajstić information content (AvgIpc) is 3.23. The summed E-state index contributed by atoms with van der Waals surface area (Å²) < 4.78 is 56.6. The number of nitrogens with one attached hydrogen (secondary N) is 1. The number of amides is 2. The molecule has 8 nitrogen and oxygen atoms in total. The molecule has 4 N–H and O–H groups in total. The molecule has 2 heterocycles. The number of halogens is 3. The summed E-state index contributed by atoms with van der Waals surface area (Å²) in [6, 6.07) is -1.14. The van der Waals surface area contributed by atoms with Crippen molar-refractivity contribution in [3.8, 4) is 0 Å². The monoisotopic (exact) mass is 477 g/mol. The quantitative estimate of drug-likeness (QED) is 0.613. The summed E-state index contributed by atoms with van der Waals surface area (Å²) in [6.45, 7) is 5.93. The van der Waals surface area contributed by atoms with Gasteiger partial charge < -0.3 is 10.4 Å². The van der Waals surface area contributed by atoms with Crippen LogP contribution in [0.5, 0.6) is 0 Å².